The van der Waals surface area contributed by atoms with E-state index < -0.39 is 5.41 Å². The molecule has 2 aliphatic rings. The molecule has 1 aliphatic heterocycles. The Morgan fingerprint density at radius 2 is 0.868 bits per heavy atom. The fourth-order valence-corrected chi connectivity index (χ4v) is 13.2. The van der Waals surface area contributed by atoms with Crippen molar-refractivity contribution in [3.05, 3.63) is 301 Å². The first-order valence-corrected chi connectivity index (χ1v) is 26.2. The van der Waals surface area contributed by atoms with E-state index in [4.69, 9.17) is 4.42 Å². The average molecular weight is 967 g/mol. The zero-order valence-corrected chi connectivity index (χ0v) is 41.4. The van der Waals surface area contributed by atoms with Crippen LogP contribution in [0, 0.1) is 0 Å². The molecule has 2 aromatic heterocycles. The van der Waals surface area contributed by atoms with Crippen molar-refractivity contribution in [3.8, 4) is 61.3 Å². The van der Waals surface area contributed by atoms with E-state index in [0.717, 1.165) is 61.3 Å². The SMILES string of the molecule is c1ccc(-c2cccc(-c3ccccc3N(c3ccc(-c4ccc5oc6ccccc6c5c4)cc3)c3ccc(-c4cccc5c4-c4ccccc4C54c5ccccc5-n5c6ccccc6c6cccc4c65)cc3)c2)cc1. The van der Waals surface area contributed by atoms with Crippen LogP contribution in [0.5, 0.6) is 0 Å². The fraction of sp³-hybridized carbons (Fsp3) is 0.0137. The van der Waals surface area contributed by atoms with Gasteiger partial charge in [-0.1, -0.05) is 212 Å². The molecule has 354 valence electrons. The van der Waals surface area contributed by atoms with Crippen molar-refractivity contribution in [2.45, 2.75) is 5.41 Å². The molecule has 0 N–H and O–H groups in total. The molecule has 0 bridgehead atoms. The lowest BCUT2D eigenvalue weighted by molar-refractivity contribution is 0.669. The second-order valence-corrected chi connectivity index (χ2v) is 20.3. The van der Waals surface area contributed by atoms with Crippen LogP contribution in [0.25, 0.3) is 105 Å². The standard InChI is InChI=1S/C73H46N2O/c1-2-17-47(18-3-1)50-19-14-20-52(45-50)55-21-5-10-31-66(55)74(53-40-35-48(36-41-53)51-39-44-70-61(46-51)58-23-7-13-34-69(58)76-70)54-42-37-49(38-43-54)56-25-15-29-64-71(56)60-24-4-8-27-62(60)73(64)63-28-9-12-33-68(63)75-67-32-11-6-22-57(67)59-26-16-30-65(73)72(59)75/h1-46H. The van der Waals surface area contributed by atoms with Gasteiger partial charge in [0.05, 0.1) is 27.8 Å². The number of anilines is 3. The van der Waals surface area contributed by atoms with Crippen LogP contribution in [-0.4, -0.2) is 4.57 Å². The van der Waals surface area contributed by atoms with E-state index in [2.05, 4.69) is 276 Å². The van der Waals surface area contributed by atoms with Crippen LogP contribution in [0.3, 0.4) is 0 Å². The third-order valence-electron chi connectivity index (χ3n) is 16.4. The minimum Gasteiger partial charge on any atom is -0.456 e. The topological polar surface area (TPSA) is 21.3 Å². The van der Waals surface area contributed by atoms with Gasteiger partial charge in [-0.15, -0.1) is 0 Å². The Balaban J connectivity index is 0.854. The fourth-order valence-electron chi connectivity index (χ4n) is 13.2. The third-order valence-corrected chi connectivity index (χ3v) is 16.4. The van der Waals surface area contributed by atoms with Gasteiger partial charge in [0, 0.05) is 38.5 Å². The number of benzene rings is 12. The second kappa shape index (κ2) is 16.5. The summed E-state index contributed by atoms with van der Waals surface area (Å²) in [5, 5.41) is 4.82. The van der Waals surface area contributed by atoms with E-state index in [1.54, 1.807) is 0 Å². The number of aromatic nitrogens is 1. The van der Waals surface area contributed by atoms with Crippen LogP contribution < -0.4 is 4.90 Å². The van der Waals surface area contributed by atoms with E-state index in [1.165, 1.54) is 83.1 Å². The van der Waals surface area contributed by atoms with Crippen LogP contribution in [0.1, 0.15) is 22.3 Å². The average Bonchev–Trinajstić information content (AvgIpc) is 4.34. The van der Waals surface area contributed by atoms with Crippen molar-refractivity contribution < 1.29 is 4.42 Å². The molecule has 0 fully saturated rings. The van der Waals surface area contributed by atoms with E-state index in [-0.39, 0.29) is 0 Å². The molecular formula is C73H46N2O. The summed E-state index contributed by atoms with van der Waals surface area (Å²) in [4.78, 5) is 2.42. The van der Waals surface area contributed by atoms with Crippen LogP contribution in [0.15, 0.2) is 283 Å². The second-order valence-electron chi connectivity index (χ2n) is 20.3. The van der Waals surface area contributed by atoms with E-state index in [9.17, 15) is 0 Å². The van der Waals surface area contributed by atoms with Crippen LogP contribution >= 0.6 is 0 Å². The number of hydrogen-bond donors (Lipinski definition) is 0. The first kappa shape index (κ1) is 42.5. The molecule has 14 aromatic rings. The maximum absolute atomic E-state index is 6.21. The Kier molecular flexibility index (Phi) is 9.25. The minimum absolute atomic E-state index is 0.523. The number of fused-ring (bicyclic) bond motifs is 15. The molecule has 1 aliphatic carbocycles. The zero-order valence-electron chi connectivity index (χ0n) is 41.4. The van der Waals surface area contributed by atoms with Gasteiger partial charge >= 0.3 is 0 Å². The first-order chi connectivity index (χ1) is 37.7. The number of nitrogens with zero attached hydrogens (tertiary/aromatic N) is 2. The highest BCUT2D eigenvalue weighted by atomic mass is 16.3. The van der Waals surface area contributed by atoms with Crippen molar-refractivity contribution in [2.24, 2.45) is 0 Å². The Morgan fingerprint density at radius 1 is 0.316 bits per heavy atom. The largest absolute Gasteiger partial charge is 0.456 e. The van der Waals surface area contributed by atoms with Crippen LogP contribution in [-0.2, 0) is 5.41 Å². The highest BCUT2D eigenvalue weighted by Crippen LogP contribution is 2.62. The lowest BCUT2D eigenvalue weighted by Gasteiger charge is -2.39. The van der Waals surface area contributed by atoms with Gasteiger partial charge < -0.3 is 13.9 Å². The summed E-state index contributed by atoms with van der Waals surface area (Å²) in [6.45, 7) is 0. The third kappa shape index (κ3) is 6.11. The summed E-state index contributed by atoms with van der Waals surface area (Å²) < 4.78 is 8.73. The molecule has 3 heterocycles. The molecule has 3 nitrogen and oxygen atoms in total. The molecule has 16 rings (SSSR count). The van der Waals surface area contributed by atoms with Crippen molar-refractivity contribution in [1.29, 1.82) is 0 Å². The van der Waals surface area contributed by atoms with Crippen molar-refractivity contribution in [1.82, 2.24) is 4.57 Å². The molecule has 0 saturated heterocycles. The highest BCUT2D eigenvalue weighted by molar-refractivity contribution is 6.13. The van der Waals surface area contributed by atoms with Crippen molar-refractivity contribution in [2.75, 3.05) is 4.90 Å². The van der Waals surface area contributed by atoms with Crippen LogP contribution in [0.2, 0.25) is 0 Å². The lowest BCUT2D eigenvalue weighted by atomic mass is 9.65. The molecular weight excluding hydrogens is 921 g/mol. The molecule has 0 radical (unpaired) electrons. The first-order valence-electron chi connectivity index (χ1n) is 26.2. The monoisotopic (exact) mass is 966 g/mol. The maximum atomic E-state index is 6.21. The van der Waals surface area contributed by atoms with Gasteiger partial charge in [0.2, 0.25) is 0 Å². The van der Waals surface area contributed by atoms with Gasteiger partial charge in [-0.3, -0.25) is 0 Å². The minimum atomic E-state index is -0.523. The summed E-state index contributed by atoms with van der Waals surface area (Å²) in [7, 11) is 0. The van der Waals surface area contributed by atoms with Gasteiger partial charge in [-0.2, -0.15) is 0 Å². The number of para-hydroxylation sites is 5. The number of rotatable bonds is 7. The maximum Gasteiger partial charge on any atom is 0.135 e. The zero-order chi connectivity index (χ0) is 49.9. The Bertz CT molecular complexity index is 4640. The Morgan fingerprint density at radius 3 is 1.72 bits per heavy atom. The quantitative estimate of drug-likeness (QED) is 0.159. The predicted molar refractivity (Wildman–Crippen MR) is 315 cm³/mol. The smallest absolute Gasteiger partial charge is 0.135 e. The molecule has 0 saturated carbocycles. The molecule has 76 heavy (non-hydrogen) atoms. The molecule has 0 amide bonds. The van der Waals surface area contributed by atoms with Crippen LogP contribution in [0.4, 0.5) is 17.1 Å². The van der Waals surface area contributed by atoms with Gasteiger partial charge in [0.25, 0.3) is 0 Å². The van der Waals surface area contributed by atoms with Gasteiger partial charge in [-0.25, -0.2) is 0 Å². The van der Waals surface area contributed by atoms with Crippen molar-refractivity contribution >= 4 is 60.8 Å². The van der Waals surface area contributed by atoms with E-state index in [1.807, 2.05) is 12.1 Å². The Hall–Kier alpha value is -9.96. The molecule has 1 spiro atoms. The summed E-state index contributed by atoms with van der Waals surface area (Å²) in [6.07, 6.45) is 0. The van der Waals surface area contributed by atoms with Crippen molar-refractivity contribution in [3.63, 3.8) is 0 Å². The van der Waals surface area contributed by atoms with Gasteiger partial charge in [-0.05, 0) is 139 Å². The molecule has 3 heteroatoms. The Labute approximate surface area is 440 Å². The lowest BCUT2D eigenvalue weighted by Crippen LogP contribution is -2.33. The normalized spacial score (nSPS) is 14.1. The number of furan rings is 1. The molecule has 1 unspecified atom stereocenters. The van der Waals surface area contributed by atoms with E-state index >= 15 is 0 Å². The predicted octanol–water partition coefficient (Wildman–Crippen LogP) is 19.5. The summed E-state index contributed by atoms with van der Waals surface area (Å²) in [6, 6.07) is 103. The van der Waals surface area contributed by atoms with E-state index in [0.29, 0.717) is 0 Å². The summed E-state index contributed by atoms with van der Waals surface area (Å²) in [5.74, 6) is 0. The van der Waals surface area contributed by atoms with Gasteiger partial charge in [0.15, 0.2) is 0 Å². The summed E-state index contributed by atoms with van der Waals surface area (Å²) >= 11 is 0. The highest BCUT2D eigenvalue weighted by Gasteiger charge is 2.51. The number of hydrogen-bond acceptors (Lipinski definition) is 2. The molecule has 12 aromatic carbocycles. The molecule has 1 atom stereocenters. The van der Waals surface area contributed by atoms with Gasteiger partial charge in [0.1, 0.15) is 11.2 Å². The summed E-state index contributed by atoms with van der Waals surface area (Å²) in [5.41, 5.74) is 25.5.